The number of carbonyl (C=O) groups excluding carboxylic acids is 2. The predicted octanol–water partition coefficient (Wildman–Crippen LogP) is 2.63. The summed E-state index contributed by atoms with van der Waals surface area (Å²) in [6, 6.07) is 10.5. The number of halogens is 1. The van der Waals surface area contributed by atoms with Crippen LogP contribution in [-0.2, 0) is 14.6 Å². The van der Waals surface area contributed by atoms with Gasteiger partial charge >= 0.3 is 0 Å². The van der Waals surface area contributed by atoms with Gasteiger partial charge in [-0.2, -0.15) is 5.90 Å². The Kier molecular flexibility index (Phi) is 4.69. The second-order valence-corrected chi connectivity index (χ2v) is 5.19. The molecule has 0 saturated heterocycles. The van der Waals surface area contributed by atoms with Crippen LogP contribution in [0.4, 0.5) is 10.1 Å². The molecule has 25 heavy (non-hydrogen) atoms. The van der Waals surface area contributed by atoms with E-state index in [9.17, 15) is 14.0 Å². The van der Waals surface area contributed by atoms with Gasteiger partial charge in [0.05, 0.1) is 5.57 Å². The smallest absolute Gasteiger partial charge is 0.256 e. The van der Waals surface area contributed by atoms with Crippen molar-refractivity contribution in [1.29, 1.82) is 0 Å². The number of amides is 1. The first-order valence-corrected chi connectivity index (χ1v) is 7.25. The molecule has 3 N–H and O–H groups in total. The van der Waals surface area contributed by atoms with Crippen molar-refractivity contribution in [2.45, 2.75) is 0 Å². The largest absolute Gasteiger partial charge is 0.321 e. The fraction of sp³-hybridized carbons (Fsp3) is 0. The highest BCUT2D eigenvalue weighted by Crippen LogP contribution is 2.32. The van der Waals surface area contributed by atoms with E-state index in [0.29, 0.717) is 17.0 Å². The number of carbonyl (C=O) groups is 2. The van der Waals surface area contributed by atoms with Crippen LogP contribution < -0.4 is 16.1 Å². The van der Waals surface area contributed by atoms with Gasteiger partial charge in [-0.05, 0) is 48.0 Å². The first-order valence-electron chi connectivity index (χ1n) is 7.25. The van der Waals surface area contributed by atoms with Crippen LogP contribution in [0.2, 0.25) is 0 Å². The van der Waals surface area contributed by atoms with Crippen molar-refractivity contribution in [3.8, 4) is 5.75 Å². The monoisotopic (exact) mass is 340 g/mol. The van der Waals surface area contributed by atoms with Gasteiger partial charge in [0.1, 0.15) is 5.82 Å². The van der Waals surface area contributed by atoms with Crippen molar-refractivity contribution in [2.75, 3.05) is 5.32 Å². The fourth-order valence-electron chi connectivity index (χ4n) is 2.36. The summed E-state index contributed by atoms with van der Waals surface area (Å²) in [5, 5.41) is 2.59. The van der Waals surface area contributed by atoms with Crippen molar-refractivity contribution in [2.24, 2.45) is 5.90 Å². The first kappa shape index (κ1) is 16.6. The maximum Gasteiger partial charge on any atom is 0.256 e. The lowest BCUT2D eigenvalue weighted by Crippen LogP contribution is -2.05. The van der Waals surface area contributed by atoms with Crippen molar-refractivity contribution >= 4 is 29.0 Å². The molecule has 0 radical (unpaired) electrons. The van der Waals surface area contributed by atoms with E-state index in [1.54, 1.807) is 30.3 Å². The van der Waals surface area contributed by atoms with Crippen LogP contribution in [0.3, 0.4) is 0 Å². The molecule has 2 aromatic rings. The first-order chi connectivity index (χ1) is 12.1. The molecular weight excluding hydrogens is 327 g/mol. The van der Waals surface area contributed by atoms with E-state index in [0.717, 1.165) is 5.56 Å². The summed E-state index contributed by atoms with van der Waals surface area (Å²) in [6.45, 7) is 0. The lowest BCUT2D eigenvalue weighted by atomic mass is 10.1. The highest BCUT2D eigenvalue weighted by atomic mass is 19.1. The van der Waals surface area contributed by atoms with Gasteiger partial charge in [-0.3, -0.25) is 9.59 Å². The summed E-state index contributed by atoms with van der Waals surface area (Å²) in [5.74, 6) is 3.88. The number of nitrogens with one attached hydrogen (secondary N) is 1. The molecule has 0 aliphatic carbocycles. The zero-order chi connectivity index (χ0) is 17.8. The number of ketones is 1. The van der Waals surface area contributed by atoms with E-state index in [2.05, 4.69) is 15.2 Å². The summed E-state index contributed by atoms with van der Waals surface area (Å²) in [6.07, 6.45) is 4.07. The van der Waals surface area contributed by atoms with Crippen LogP contribution in [0.5, 0.6) is 5.75 Å². The number of anilines is 1. The van der Waals surface area contributed by atoms with Gasteiger partial charge in [-0.15, -0.1) is 0 Å². The standard InChI is InChI=1S/C18H13FN2O4/c19-12-4-8-17-15(9-12)16(18(23)21-17)10-13(22)5-1-11-2-6-14(7-3-11)24-25-20/h1-10H,20H2,(H,21,23)/b5-1+,16-10+. The minimum Gasteiger partial charge on any atom is -0.321 e. The maximum atomic E-state index is 13.4. The second-order valence-electron chi connectivity index (χ2n) is 5.19. The Hall–Kier alpha value is -3.29. The third-order valence-corrected chi connectivity index (χ3v) is 3.52. The molecule has 0 unspecified atom stereocenters. The van der Waals surface area contributed by atoms with E-state index >= 15 is 0 Å². The van der Waals surface area contributed by atoms with Crippen molar-refractivity contribution in [3.63, 3.8) is 0 Å². The molecule has 2 aromatic carbocycles. The van der Waals surface area contributed by atoms with Crippen molar-refractivity contribution < 1.29 is 23.9 Å². The molecule has 1 aliphatic heterocycles. The topological polar surface area (TPSA) is 90.7 Å². The van der Waals surface area contributed by atoms with E-state index in [1.165, 1.54) is 30.4 Å². The average molecular weight is 340 g/mol. The molecule has 0 saturated carbocycles. The number of hydrogen-bond donors (Lipinski definition) is 2. The predicted molar refractivity (Wildman–Crippen MR) is 89.4 cm³/mol. The maximum absolute atomic E-state index is 13.4. The van der Waals surface area contributed by atoms with Crippen molar-refractivity contribution in [1.82, 2.24) is 0 Å². The van der Waals surface area contributed by atoms with E-state index in [-0.39, 0.29) is 5.57 Å². The van der Waals surface area contributed by atoms with Crippen LogP contribution in [-0.4, -0.2) is 11.7 Å². The molecule has 0 atom stereocenters. The minimum absolute atomic E-state index is 0.132. The number of allylic oxidation sites excluding steroid dienone is 2. The molecule has 3 rings (SSSR count). The van der Waals surface area contributed by atoms with Gasteiger partial charge < -0.3 is 10.2 Å². The normalized spacial score (nSPS) is 14.6. The SMILES string of the molecule is NOOc1ccc(/C=C/C(=O)/C=C2/C(=O)Nc3ccc(F)cc32)cc1. The molecule has 126 valence electrons. The minimum atomic E-state index is -0.479. The number of fused-ring (bicyclic) bond motifs is 1. The molecule has 0 bridgehead atoms. The van der Waals surface area contributed by atoms with Gasteiger partial charge in [0.15, 0.2) is 11.5 Å². The Balaban J connectivity index is 1.77. The molecule has 0 spiro atoms. The summed E-state index contributed by atoms with van der Waals surface area (Å²) in [4.78, 5) is 32.7. The van der Waals surface area contributed by atoms with Gasteiger partial charge in [0.2, 0.25) is 0 Å². The Labute approximate surface area is 142 Å². The highest BCUT2D eigenvalue weighted by molar-refractivity contribution is 6.34. The van der Waals surface area contributed by atoms with Gasteiger partial charge in [-0.25, -0.2) is 4.39 Å². The molecule has 1 aliphatic rings. The molecule has 7 heteroatoms. The van der Waals surface area contributed by atoms with Gasteiger partial charge in [0.25, 0.3) is 5.91 Å². The summed E-state index contributed by atoms with van der Waals surface area (Å²) >= 11 is 0. The molecule has 1 heterocycles. The Morgan fingerprint density at radius 2 is 1.92 bits per heavy atom. The third-order valence-electron chi connectivity index (χ3n) is 3.52. The van der Waals surface area contributed by atoms with Crippen molar-refractivity contribution in [3.05, 3.63) is 71.6 Å². The number of rotatable bonds is 5. The van der Waals surface area contributed by atoms with Gasteiger partial charge in [0, 0.05) is 11.3 Å². The van der Waals surface area contributed by atoms with Gasteiger partial charge in [-0.1, -0.05) is 23.2 Å². The highest BCUT2D eigenvalue weighted by Gasteiger charge is 2.24. The summed E-state index contributed by atoms with van der Waals surface area (Å²) in [7, 11) is 0. The number of benzene rings is 2. The molecule has 0 fully saturated rings. The lowest BCUT2D eigenvalue weighted by Gasteiger charge is -1.99. The second kappa shape index (κ2) is 7.08. The Morgan fingerprint density at radius 1 is 1.16 bits per heavy atom. The van der Waals surface area contributed by atoms with Crippen LogP contribution in [0.15, 0.2) is 54.6 Å². The van der Waals surface area contributed by atoms with E-state index in [1.807, 2.05) is 0 Å². The Bertz CT molecular complexity index is 888. The lowest BCUT2D eigenvalue weighted by molar-refractivity contribution is -0.211. The van der Waals surface area contributed by atoms with Crippen LogP contribution in [0, 0.1) is 5.82 Å². The molecule has 0 aromatic heterocycles. The van der Waals surface area contributed by atoms with Crippen LogP contribution >= 0.6 is 0 Å². The molecule has 1 amide bonds. The van der Waals surface area contributed by atoms with E-state index in [4.69, 9.17) is 5.90 Å². The fourth-order valence-corrected chi connectivity index (χ4v) is 2.36. The number of nitrogens with two attached hydrogens (primary N) is 1. The number of hydrogen-bond acceptors (Lipinski definition) is 5. The van der Waals surface area contributed by atoms with E-state index < -0.39 is 17.5 Å². The zero-order valence-electron chi connectivity index (χ0n) is 12.9. The van der Waals surface area contributed by atoms with Crippen LogP contribution in [0.1, 0.15) is 11.1 Å². The zero-order valence-corrected chi connectivity index (χ0v) is 12.9. The average Bonchev–Trinajstić information content (AvgIpc) is 2.90. The Morgan fingerprint density at radius 3 is 2.64 bits per heavy atom. The summed E-state index contributed by atoms with van der Waals surface area (Å²) < 4.78 is 13.4. The molecular formula is C18H13FN2O4. The summed E-state index contributed by atoms with van der Waals surface area (Å²) in [5.41, 5.74) is 1.72. The molecule has 6 nitrogen and oxygen atoms in total. The third kappa shape index (κ3) is 3.79. The van der Waals surface area contributed by atoms with Crippen LogP contribution in [0.25, 0.3) is 11.6 Å². The quantitative estimate of drug-likeness (QED) is 0.496.